The maximum absolute atomic E-state index is 12.9. The van der Waals surface area contributed by atoms with Crippen LogP contribution in [0.5, 0.6) is 0 Å². The number of carbonyl (C=O) groups is 2. The molecule has 5 heteroatoms. The normalized spacial score (nSPS) is 13.5. The predicted octanol–water partition coefficient (Wildman–Crippen LogP) is 3.35. The van der Waals surface area contributed by atoms with Crippen LogP contribution in [0.25, 0.3) is 0 Å². The number of Topliss-reactive ketones (excluding diaryl/α,β-unsaturated/α-hetero) is 1. The lowest BCUT2D eigenvalue weighted by Crippen LogP contribution is -2.35. The van der Waals surface area contributed by atoms with Gasteiger partial charge in [-0.3, -0.25) is 9.59 Å². The Balaban J connectivity index is 1.67. The summed E-state index contributed by atoms with van der Waals surface area (Å²) < 4.78 is 12.9. The molecule has 0 atom stereocenters. The average molecular weight is 326 g/mol. The minimum Gasteiger partial charge on any atom is -0.398 e. The summed E-state index contributed by atoms with van der Waals surface area (Å²) in [5, 5.41) is 0. The fourth-order valence-corrected chi connectivity index (χ4v) is 3.05. The Labute approximate surface area is 140 Å². The van der Waals surface area contributed by atoms with Gasteiger partial charge in [0.25, 0.3) is 0 Å². The molecule has 3 rings (SSSR count). The van der Waals surface area contributed by atoms with E-state index in [2.05, 4.69) is 0 Å². The quantitative estimate of drug-likeness (QED) is 0.692. The molecule has 0 saturated heterocycles. The molecule has 0 aliphatic carbocycles. The van der Waals surface area contributed by atoms with Crippen molar-refractivity contribution in [3.63, 3.8) is 0 Å². The van der Waals surface area contributed by atoms with Gasteiger partial charge in [-0.1, -0.05) is 6.07 Å². The van der Waals surface area contributed by atoms with Crippen molar-refractivity contribution in [2.45, 2.75) is 25.7 Å². The highest BCUT2D eigenvalue weighted by molar-refractivity contribution is 6.01. The van der Waals surface area contributed by atoms with E-state index < -0.39 is 0 Å². The fourth-order valence-electron chi connectivity index (χ4n) is 3.05. The Morgan fingerprint density at radius 1 is 1.08 bits per heavy atom. The van der Waals surface area contributed by atoms with Crippen LogP contribution < -0.4 is 10.6 Å². The van der Waals surface area contributed by atoms with Gasteiger partial charge in [0.15, 0.2) is 5.78 Å². The summed E-state index contributed by atoms with van der Waals surface area (Å²) in [6.45, 7) is 0.639. The zero-order valence-corrected chi connectivity index (χ0v) is 13.3. The highest BCUT2D eigenvalue weighted by Gasteiger charge is 2.24. The number of anilines is 2. The summed E-state index contributed by atoms with van der Waals surface area (Å²) in [7, 11) is 0. The molecule has 2 aromatic rings. The van der Waals surface area contributed by atoms with Crippen molar-refractivity contribution in [3.05, 3.63) is 59.4 Å². The van der Waals surface area contributed by atoms with E-state index in [0.717, 1.165) is 24.1 Å². The molecule has 4 nitrogen and oxygen atoms in total. The molecule has 0 unspecified atom stereocenters. The number of hydrogen-bond acceptors (Lipinski definition) is 3. The van der Waals surface area contributed by atoms with Crippen molar-refractivity contribution in [2.24, 2.45) is 0 Å². The minimum atomic E-state index is -0.384. The third-order valence-corrected chi connectivity index (χ3v) is 4.32. The summed E-state index contributed by atoms with van der Waals surface area (Å²) in [6.07, 6.45) is 1.96. The minimum absolute atomic E-state index is 0.0861. The lowest BCUT2D eigenvalue weighted by molar-refractivity contribution is -0.118. The molecule has 0 aromatic heterocycles. The van der Waals surface area contributed by atoms with Crippen molar-refractivity contribution < 1.29 is 14.0 Å². The first-order chi connectivity index (χ1) is 11.6. The second kappa shape index (κ2) is 6.83. The number of ketones is 1. The number of hydrogen-bond donors (Lipinski definition) is 1. The van der Waals surface area contributed by atoms with Crippen LogP contribution in [-0.4, -0.2) is 18.2 Å². The number of amides is 1. The third kappa shape index (κ3) is 3.30. The zero-order valence-electron chi connectivity index (χ0n) is 13.3. The topological polar surface area (TPSA) is 63.4 Å². The first-order valence-electron chi connectivity index (χ1n) is 8.03. The SMILES string of the molecule is Nc1cccc2c1CCCN2C(=O)CCC(=O)c1ccc(F)cc1. The van der Waals surface area contributed by atoms with Crippen LogP contribution >= 0.6 is 0 Å². The van der Waals surface area contributed by atoms with Gasteiger partial charge in [-0.15, -0.1) is 0 Å². The number of rotatable bonds is 4. The second-order valence-electron chi connectivity index (χ2n) is 5.92. The van der Waals surface area contributed by atoms with E-state index in [4.69, 9.17) is 5.73 Å². The number of fused-ring (bicyclic) bond motifs is 1. The van der Waals surface area contributed by atoms with E-state index in [1.54, 1.807) is 4.90 Å². The van der Waals surface area contributed by atoms with Gasteiger partial charge < -0.3 is 10.6 Å². The summed E-state index contributed by atoms with van der Waals surface area (Å²) in [4.78, 5) is 26.4. The van der Waals surface area contributed by atoms with Crippen LogP contribution in [0, 0.1) is 5.82 Å². The number of benzene rings is 2. The second-order valence-corrected chi connectivity index (χ2v) is 5.92. The Morgan fingerprint density at radius 2 is 1.83 bits per heavy atom. The van der Waals surface area contributed by atoms with E-state index in [0.29, 0.717) is 17.8 Å². The van der Waals surface area contributed by atoms with Crippen molar-refractivity contribution in [2.75, 3.05) is 17.2 Å². The smallest absolute Gasteiger partial charge is 0.227 e. The van der Waals surface area contributed by atoms with E-state index in [1.165, 1.54) is 24.3 Å². The highest BCUT2D eigenvalue weighted by atomic mass is 19.1. The molecule has 1 aliphatic rings. The van der Waals surface area contributed by atoms with Gasteiger partial charge in [-0.25, -0.2) is 4.39 Å². The maximum atomic E-state index is 12.9. The van der Waals surface area contributed by atoms with Gasteiger partial charge in [-0.2, -0.15) is 0 Å². The molecule has 2 aromatic carbocycles. The molecule has 1 amide bonds. The number of nitrogens with zero attached hydrogens (tertiary/aromatic N) is 1. The molecule has 2 N–H and O–H groups in total. The van der Waals surface area contributed by atoms with Crippen LogP contribution in [0.4, 0.5) is 15.8 Å². The lowest BCUT2D eigenvalue weighted by atomic mass is 9.99. The molecule has 24 heavy (non-hydrogen) atoms. The van der Waals surface area contributed by atoms with Gasteiger partial charge >= 0.3 is 0 Å². The molecule has 0 fully saturated rings. The van der Waals surface area contributed by atoms with Crippen molar-refractivity contribution in [3.8, 4) is 0 Å². The molecule has 0 saturated carbocycles. The molecular weight excluding hydrogens is 307 g/mol. The molecule has 124 valence electrons. The Hall–Kier alpha value is -2.69. The summed E-state index contributed by atoms with van der Waals surface area (Å²) in [6, 6.07) is 11.0. The molecule has 0 radical (unpaired) electrons. The number of nitrogens with two attached hydrogens (primary N) is 1. The highest BCUT2D eigenvalue weighted by Crippen LogP contribution is 2.31. The third-order valence-electron chi connectivity index (χ3n) is 4.32. The summed E-state index contributed by atoms with van der Waals surface area (Å²) in [5.74, 6) is -0.629. The van der Waals surface area contributed by atoms with Crippen molar-refractivity contribution >= 4 is 23.1 Å². The van der Waals surface area contributed by atoms with Crippen LogP contribution in [0.3, 0.4) is 0 Å². The average Bonchev–Trinajstić information content (AvgIpc) is 2.60. The molecule has 1 aliphatic heterocycles. The van der Waals surface area contributed by atoms with Gasteiger partial charge in [0, 0.05) is 36.3 Å². The predicted molar refractivity (Wildman–Crippen MR) is 91.5 cm³/mol. The first kappa shape index (κ1) is 16.2. The maximum Gasteiger partial charge on any atom is 0.227 e. The van der Waals surface area contributed by atoms with Gasteiger partial charge in [0.1, 0.15) is 5.82 Å². The number of halogens is 1. The van der Waals surface area contributed by atoms with Gasteiger partial charge in [-0.05, 0) is 54.8 Å². The Kier molecular flexibility index (Phi) is 4.60. The lowest BCUT2D eigenvalue weighted by Gasteiger charge is -2.30. The molecular formula is C19H19FN2O2. The van der Waals surface area contributed by atoms with E-state index in [1.807, 2.05) is 18.2 Å². The van der Waals surface area contributed by atoms with Crippen LogP contribution in [0.15, 0.2) is 42.5 Å². The van der Waals surface area contributed by atoms with Crippen LogP contribution in [-0.2, 0) is 11.2 Å². The van der Waals surface area contributed by atoms with Crippen molar-refractivity contribution in [1.82, 2.24) is 0 Å². The van der Waals surface area contributed by atoms with Crippen LogP contribution in [0.1, 0.15) is 35.2 Å². The standard InChI is InChI=1S/C19H19FN2O2/c20-14-8-6-13(7-9-14)18(23)10-11-19(24)22-12-2-3-15-16(21)4-1-5-17(15)22/h1,4-9H,2-3,10-12,21H2. The van der Waals surface area contributed by atoms with Crippen LogP contribution in [0.2, 0.25) is 0 Å². The molecule has 1 heterocycles. The zero-order chi connectivity index (χ0) is 17.1. The number of carbonyl (C=O) groups excluding carboxylic acids is 2. The van der Waals surface area contributed by atoms with E-state index in [-0.39, 0.29) is 30.3 Å². The largest absolute Gasteiger partial charge is 0.398 e. The van der Waals surface area contributed by atoms with E-state index in [9.17, 15) is 14.0 Å². The number of nitrogen functional groups attached to an aromatic ring is 1. The monoisotopic (exact) mass is 326 g/mol. The Morgan fingerprint density at radius 3 is 2.58 bits per heavy atom. The Bertz CT molecular complexity index is 771. The van der Waals surface area contributed by atoms with Crippen molar-refractivity contribution in [1.29, 1.82) is 0 Å². The van der Waals surface area contributed by atoms with Gasteiger partial charge in [0.2, 0.25) is 5.91 Å². The van der Waals surface area contributed by atoms with E-state index >= 15 is 0 Å². The molecule has 0 spiro atoms. The fraction of sp³-hybridized carbons (Fsp3) is 0.263. The van der Waals surface area contributed by atoms with Gasteiger partial charge in [0.05, 0.1) is 0 Å². The summed E-state index contributed by atoms with van der Waals surface area (Å²) in [5.41, 5.74) is 8.97. The first-order valence-corrected chi connectivity index (χ1v) is 8.03. The molecule has 0 bridgehead atoms. The summed E-state index contributed by atoms with van der Waals surface area (Å²) >= 11 is 0.